The van der Waals surface area contributed by atoms with E-state index in [1.54, 1.807) is 14.2 Å². The lowest BCUT2D eigenvalue weighted by Gasteiger charge is -2.44. The molecule has 7 nitrogen and oxygen atoms in total. The Morgan fingerprint density at radius 2 is 1.82 bits per heavy atom. The average molecular weight is 467 g/mol. The van der Waals surface area contributed by atoms with Gasteiger partial charge in [0.25, 0.3) is 0 Å². The van der Waals surface area contributed by atoms with Crippen LogP contribution in [0.5, 0.6) is 17.2 Å². The zero-order chi connectivity index (χ0) is 23.9. The summed E-state index contributed by atoms with van der Waals surface area (Å²) in [5.74, 6) is 2.74. The third-order valence-corrected chi connectivity index (χ3v) is 7.54. The Kier molecular flexibility index (Phi) is 6.06. The second kappa shape index (κ2) is 9.02. The number of hydrogen-bond donors (Lipinski definition) is 1. The number of amides is 1. The number of fused-ring (bicyclic) bond motifs is 4. The summed E-state index contributed by atoms with van der Waals surface area (Å²) in [5.41, 5.74) is 2.52. The van der Waals surface area contributed by atoms with Gasteiger partial charge in [-0.05, 0) is 61.7 Å². The summed E-state index contributed by atoms with van der Waals surface area (Å²) in [6, 6.07) is 11.6. The van der Waals surface area contributed by atoms with E-state index in [2.05, 4.69) is 24.1 Å². The molecule has 6 rings (SSSR count). The number of alkyl carbamates (subject to hydrolysis) is 1. The SMILES string of the molecule is COc1ccc(-c2cc3c(cc2OC)C(NC(=O)OC2CN4CCC2CC4)C(C)(C)CO3)cc1. The summed E-state index contributed by atoms with van der Waals surface area (Å²) in [7, 11) is 3.31. The number of methoxy groups -OCH3 is 2. The van der Waals surface area contributed by atoms with Crippen molar-refractivity contribution >= 4 is 6.09 Å². The number of rotatable bonds is 5. The van der Waals surface area contributed by atoms with Crippen molar-refractivity contribution in [3.05, 3.63) is 42.0 Å². The van der Waals surface area contributed by atoms with Crippen molar-refractivity contribution < 1.29 is 23.7 Å². The Labute approximate surface area is 201 Å². The number of nitrogens with one attached hydrogen (secondary N) is 1. The van der Waals surface area contributed by atoms with Crippen LogP contribution in [0.3, 0.4) is 0 Å². The van der Waals surface area contributed by atoms with Crippen LogP contribution in [0.15, 0.2) is 36.4 Å². The van der Waals surface area contributed by atoms with E-state index in [1.165, 1.54) is 0 Å². The summed E-state index contributed by atoms with van der Waals surface area (Å²) in [6.07, 6.45) is 1.82. The van der Waals surface area contributed by atoms with Crippen LogP contribution in [-0.4, -0.2) is 57.6 Å². The maximum Gasteiger partial charge on any atom is 0.407 e. The number of piperidine rings is 3. The highest BCUT2D eigenvalue weighted by atomic mass is 16.6. The molecule has 4 aliphatic rings. The van der Waals surface area contributed by atoms with Crippen LogP contribution in [0, 0.1) is 11.3 Å². The van der Waals surface area contributed by atoms with E-state index < -0.39 is 0 Å². The topological polar surface area (TPSA) is 69.3 Å². The third kappa shape index (κ3) is 4.29. The first-order chi connectivity index (χ1) is 16.4. The fraction of sp³-hybridized carbons (Fsp3) is 0.519. The molecule has 2 bridgehead atoms. The van der Waals surface area contributed by atoms with Crippen LogP contribution >= 0.6 is 0 Å². The lowest BCUT2D eigenvalue weighted by Crippen LogP contribution is -2.53. The Morgan fingerprint density at radius 3 is 2.44 bits per heavy atom. The first kappa shape index (κ1) is 22.8. The molecule has 34 heavy (non-hydrogen) atoms. The van der Waals surface area contributed by atoms with Gasteiger partial charge in [-0.1, -0.05) is 26.0 Å². The quantitative estimate of drug-likeness (QED) is 0.692. The molecule has 2 atom stereocenters. The van der Waals surface area contributed by atoms with Gasteiger partial charge in [0.05, 0.1) is 26.9 Å². The van der Waals surface area contributed by atoms with Gasteiger partial charge in [-0.25, -0.2) is 4.79 Å². The number of nitrogens with zero attached hydrogens (tertiary/aromatic N) is 1. The van der Waals surface area contributed by atoms with Crippen LogP contribution in [-0.2, 0) is 4.74 Å². The molecule has 182 valence electrons. The second-order valence-corrected chi connectivity index (χ2v) is 10.3. The molecule has 1 N–H and O–H groups in total. The fourth-order valence-electron chi connectivity index (χ4n) is 5.47. The van der Waals surface area contributed by atoms with Crippen molar-refractivity contribution in [1.29, 1.82) is 0 Å². The Morgan fingerprint density at radius 1 is 1.09 bits per heavy atom. The highest BCUT2D eigenvalue weighted by molar-refractivity contribution is 5.75. The van der Waals surface area contributed by atoms with E-state index in [0.29, 0.717) is 12.5 Å². The second-order valence-electron chi connectivity index (χ2n) is 10.3. The van der Waals surface area contributed by atoms with E-state index in [-0.39, 0.29) is 23.7 Å². The van der Waals surface area contributed by atoms with Crippen LogP contribution in [0.4, 0.5) is 4.79 Å². The summed E-state index contributed by atoms with van der Waals surface area (Å²) >= 11 is 0. The number of ether oxygens (including phenoxy) is 4. The van der Waals surface area contributed by atoms with Gasteiger partial charge in [0.1, 0.15) is 23.4 Å². The van der Waals surface area contributed by atoms with Crippen molar-refractivity contribution in [2.75, 3.05) is 40.5 Å². The molecule has 2 aromatic rings. The summed E-state index contributed by atoms with van der Waals surface area (Å²) in [6.45, 7) is 7.74. The normalized spacial score (nSPS) is 26.7. The van der Waals surface area contributed by atoms with Gasteiger partial charge in [-0.2, -0.15) is 0 Å². The van der Waals surface area contributed by atoms with E-state index in [9.17, 15) is 4.79 Å². The van der Waals surface area contributed by atoms with Crippen molar-refractivity contribution in [3.63, 3.8) is 0 Å². The fourth-order valence-corrected chi connectivity index (χ4v) is 5.47. The minimum Gasteiger partial charge on any atom is -0.497 e. The summed E-state index contributed by atoms with van der Waals surface area (Å²) in [5, 5.41) is 3.17. The Balaban J connectivity index is 1.40. The molecule has 2 unspecified atom stereocenters. The van der Waals surface area contributed by atoms with E-state index in [4.69, 9.17) is 18.9 Å². The molecule has 3 saturated heterocycles. The van der Waals surface area contributed by atoms with Crippen molar-refractivity contribution in [3.8, 4) is 28.4 Å². The van der Waals surface area contributed by atoms with Crippen LogP contribution in [0.1, 0.15) is 38.3 Å². The zero-order valence-corrected chi connectivity index (χ0v) is 20.4. The smallest absolute Gasteiger partial charge is 0.407 e. The van der Waals surface area contributed by atoms with Crippen molar-refractivity contribution in [2.24, 2.45) is 11.3 Å². The molecule has 2 aromatic carbocycles. The highest BCUT2D eigenvalue weighted by Gasteiger charge is 2.41. The van der Waals surface area contributed by atoms with Crippen LogP contribution in [0.2, 0.25) is 0 Å². The third-order valence-electron chi connectivity index (χ3n) is 7.54. The molecule has 0 aromatic heterocycles. The predicted octanol–water partition coefficient (Wildman–Crippen LogP) is 4.65. The van der Waals surface area contributed by atoms with E-state index in [1.807, 2.05) is 36.4 Å². The van der Waals surface area contributed by atoms with E-state index >= 15 is 0 Å². The number of carbonyl (C=O) groups excluding carboxylic acids is 1. The number of benzene rings is 2. The predicted molar refractivity (Wildman–Crippen MR) is 130 cm³/mol. The lowest BCUT2D eigenvalue weighted by molar-refractivity contribution is -0.0361. The minimum absolute atomic E-state index is 0.0306. The lowest BCUT2D eigenvalue weighted by atomic mass is 9.78. The molecule has 0 radical (unpaired) electrons. The molecule has 1 amide bonds. The van der Waals surface area contributed by atoms with E-state index in [0.717, 1.165) is 66.4 Å². The maximum atomic E-state index is 13.0. The molecular weight excluding hydrogens is 432 g/mol. The molecular formula is C27H34N2O5. The number of carbonyl (C=O) groups is 1. The molecule has 0 spiro atoms. The Hall–Kier alpha value is -2.93. The molecule has 4 heterocycles. The van der Waals surface area contributed by atoms with Gasteiger partial charge in [-0.15, -0.1) is 0 Å². The first-order valence-electron chi connectivity index (χ1n) is 12.1. The van der Waals surface area contributed by atoms with Gasteiger partial charge in [0.15, 0.2) is 0 Å². The molecule has 7 heteroatoms. The van der Waals surface area contributed by atoms with Crippen molar-refractivity contribution in [2.45, 2.75) is 38.8 Å². The first-order valence-corrected chi connectivity index (χ1v) is 12.1. The average Bonchev–Trinajstić information content (AvgIpc) is 2.86. The standard InChI is InChI=1S/C27H34N2O5/c1-27(2)16-33-23-13-20(17-5-7-19(31-3)8-6-17)22(32-4)14-21(23)25(27)28-26(30)34-24-15-29-11-9-18(24)10-12-29/h5-8,13-14,18,24-25H,9-12,15-16H2,1-4H3,(H,28,30). The van der Waals surface area contributed by atoms with Gasteiger partial charge in [-0.3, -0.25) is 4.90 Å². The Bertz CT molecular complexity index is 1040. The minimum atomic E-state index is -0.358. The molecule has 0 saturated carbocycles. The highest BCUT2D eigenvalue weighted by Crippen LogP contribution is 2.47. The van der Waals surface area contributed by atoms with Crippen LogP contribution in [0.25, 0.3) is 11.1 Å². The van der Waals surface area contributed by atoms with Gasteiger partial charge >= 0.3 is 6.09 Å². The zero-order valence-electron chi connectivity index (χ0n) is 20.4. The molecule has 3 fully saturated rings. The monoisotopic (exact) mass is 466 g/mol. The van der Waals surface area contributed by atoms with Crippen LogP contribution < -0.4 is 19.5 Å². The summed E-state index contributed by atoms with van der Waals surface area (Å²) in [4.78, 5) is 15.4. The molecule has 0 aliphatic carbocycles. The van der Waals surface area contributed by atoms with Gasteiger partial charge < -0.3 is 24.3 Å². The van der Waals surface area contributed by atoms with Gasteiger partial charge in [0, 0.05) is 23.1 Å². The maximum absolute atomic E-state index is 13.0. The van der Waals surface area contributed by atoms with Crippen molar-refractivity contribution in [1.82, 2.24) is 10.2 Å². The number of hydrogen-bond acceptors (Lipinski definition) is 6. The van der Waals surface area contributed by atoms with Gasteiger partial charge in [0.2, 0.25) is 0 Å². The largest absolute Gasteiger partial charge is 0.497 e. The molecule has 4 aliphatic heterocycles. The summed E-state index contributed by atoms with van der Waals surface area (Å²) < 4.78 is 23.1.